The third-order valence-corrected chi connectivity index (χ3v) is 2.42. The molecule has 17 heavy (non-hydrogen) atoms. The first kappa shape index (κ1) is 11.4. The van der Waals surface area contributed by atoms with Crippen molar-refractivity contribution < 1.29 is 5.11 Å². The van der Waals surface area contributed by atoms with Crippen molar-refractivity contribution in [1.82, 2.24) is 0 Å². The Labute approximate surface area is 101 Å². The number of aliphatic hydroxyl groups excluding tert-OH is 1. The average molecular weight is 225 g/mol. The van der Waals surface area contributed by atoms with E-state index >= 15 is 0 Å². The fraction of sp³-hybridized carbons (Fsp3) is 0.0667. The summed E-state index contributed by atoms with van der Waals surface area (Å²) in [6.07, 6.45) is 3.64. The molecule has 0 radical (unpaired) electrons. The van der Waals surface area contributed by atoms with E-state index in [1.807, 2.05) is 60.7 Å². The van der Waals surface area contributed by atoms with Crippen LogP contribution in [0, 0.1) is 0 Å². The maximum absolute atomic E-state index is 8.80. The van der Waals surface area contributed by atoms with Crippen LogP contribution in [0.3, 0.4) is 0 Å². The Morgan fingerprint density at radius 2 is 1.65 bits per heavy atom. The van der Waals surface area contributed by atoms with Gasteiger partial charge in [0.05, 0.1) is 6.61 Å². The van der Waals surface area contributed by atoms with Gasteiger partial charge in [-0.15, -0.1) is 0 Å². The molecule has 0 saturated heterocycles. The molecular weight excluding hydrogens is 210 g/mol. The first-order valence-corrected chi connectivity index (χ1v) is 5.58. The second-order valence-corrected chi connectivity index (χ2v) is 3.66. The summed E-state index contributed by atoms with van der Waals surface area (Å²) in [6, 6.07) is 18.0. The molecule has 0 atom stereocenters. The molecule has 0 unspecified atom stereocenters. The van der Waals surface area contributed by atoms with E-state index in [0.717, 1.165) is 16.9 Å². The van der Waals surface area contributed by atoms with Crippen LogP contribution in [0.25, 0.3) is 6.08 Å². The number of benzene rings is 2. The van der Waals surface area contributed by atoms with Crippen molar-refractivity contribution >= 4 is 17.5 Å². The number of hydrogen-bond donors (Lipinski definition) is 2. The highest BCUT2D eigenvalue weighted by Gasteiger charge is 1.98. The van der Waals surface area contributed by atoms with Crippen molar-refractivity contribution in [3.05, 3.63) is 66.2 Å². The number of para-hydroxylation sites is 2. The molecule has 2 aromatic rings. The van der Waals surface area contributed by atoms with E-state index in [0.29, 0.717) is 0 Å². The van der Waals surface area contributed by atoms with E-state index in [9.17, 15) is 0 Å². The smallest absolute Gasteiger partial charge is 0.0615 e. The summed E-state index contributed by atoms with van der Waals surface area (Å²) in [6.45, 7) is 0.0552. The van der Waals surface area contributed by atoms with Gasteiger partial charge in [-0.2, -0.15) is 0 Å². The molecular formula is C15H15NO. The summed E-state index contributed by atoms with van der Waals surface area (Å²) in [5, 5.41) is 12.1. The summed E-state index contributed by atoms with van der Waals surface area (Å²) in [5.74, 6) is 0. The average Bonchev–Trinajstić information content (AvgIpc) is 2.39. The highest BCUT2D eigenvalue weighted by molar-refractivity contribution is 5.71. The van der Waals surface area contributed by atoms with Gasteiger partial charge < -0.3 is 10.4 Å². The maximum Gasteiger partial charge on any atom is 0.0615 e. The quantitative estimate of drug-likeness (QED) is 0.835. The van der Waals surface area contributed by atoms with E-state index < -0.39 is 0 Å². The van der Waals surface area contributed by atoms with Gasteiger partial charge in [0.1, 0.15) is 0 Å². The molecule has 2 N–H and O–H groups in total. The normalized spacial score (nSPS) is 10.6. The summed E-state index contributed by atoms with van der Waals surface area (Å²) in [4.78, 5) is 0. The SMILES string of the molecule is OCC=Cc1ccccc1Nc1ccccc1. The van der Waals surface area contributed by atoms with E-state index in [4.69, 9.17) is 5.11 Å². The Hall–Kier alpha value is -2.06. The highest BCUT2D eigenvalue weighted by atomic mass is 16.2. The molecule has 0 fully saturated rings. The van der Waals surface area contributed by atoms with Gasteiger partial charge in [0, 0.05) is 11.4 Å². The van der Waals surface area contributed by atoms with Crippen molar-refractivity contribution in [1.29, 1.82) is 0 Å². The van der Waals surface area contributed by atoms with Crippen LogP contribution in [0.4, 0.5) is 11.4 Å². The van der Waals surface area contributed by atoms with Gasteiger partial charge in [-0.3, -0.25) is 0 Å². The zero-order chi connectivity index (χ0) is 11.9. The second-order valence-electron chi connectivity index (χ2n) is 3.66. The van der Waals surface area contributed by atoms with Gasteiger partial charge in [0.15, 0.2) is 0 Å². The fourth-order valence-electron chi connectivity index (χ4n) is 1.61. The predicted octanol–water partition coefficient (Wildman–Crippen LogP) is 3.44. The standard InChI is InChI=1S/C15H15NO/c17-12-6-8-13-7-4-5-11-15(13)16-14-9-2-1-3-10-14/h1-11,16-17H,12H2. The molecule has 0 aliphatic rings. The molecule has 0 aromatic heterocycles. The molecule has 2 aromatic carbocycles. The Kier molecular flexibility index (Phi) is 3.95. The van der Waals surface area contributed by atoms with Crippen molar-refractivity contribution in [2.75, 3.05) is 11.9 Å². The van der Waals surface area contributed by atoms with Gasteiger partial charge in [-0.1, -0.05) is 48.6 Å². The molecule has 2 heteroatoms. The topological polar surface area (TPSA) is 32.3 Å². The lowest BCUT2D eigenvalue weighted by atomic mass is 10.1. The summed E-state index contributed by atoms with van der Waals surface area (Å²) in [7, 11) is 0. The van der Waals surface area contributed by atoms with E-state index in [1.54, 1.807) is 6.08 Å². The molecule has 0 heterocycles. The lowest BCUT2D eigenvalue weighted by molar-refractivity contribution is 0.343. The Bertz CT molecular complexity index is 491. The zero-order valence-corrected chi connectivity index (χ0v) is 9.51. The largest absolute Gasteiger partial charge is 0.392 e. The van der Waals surface area contributed by atoms with E-state index in [1.165, 1.54) is 0 Å². The Balaban J connectivity index is 2.23. The van der Waals surface area contributed by atoms with Gasteiger partial charge in [-0.25, -0.2) is 0 Å². The lowest BCUT2D eigenvalue weighted by Gasteiger charge is -2.09. The molecule has 86 valence electrons. The molecule has 0 bridgehead atoms. The van der Waals surface area contributed by atoms with Crippen LogP contribution >= 0.6 is 0 Å². The summed E-state index contributed by atoms with van der Waals surface area (Å²) < 4.78 is 0. The van der Waals surface area contributed by atoms with Gasteiger partial charge in [0.2, 0.25) is 0 Å². The van der Waals surface area contributed by atoms with Crippen molar-refractivity contribution in [3.8, 4) is 0 Å². The zero-order valence-electron chi connectivity index (χ0n) is 9.51. The third kappa shape index (κ3) is 3.20. The molecule has 0 amide bonds. The van der Waals surface area contributed by atoms with E-state index in [2.05, 4.69) is 5.32 Å². The van der Waals surface area contributed by atoms with Gasteiger partial charge in [0.25, 0.3) is 0 Å². The van der Waals surface area contributed by atoms with Crippen molar-refractivity contribution in [3.63, 3.8) is 0 Å². The maximum atomic E-state index is 8.80. The number of hydrogen-bond acceptors (Lipinski definition) is 2. The Morgan fingerprint density at radius 1 is 0.941 bits per heavy atom. The molecule has 2 rings (SSSR count). The van der Waals surface area contributed by atoms with Crippen LogP contribution in [0.2, 0.25) is 0 Å². The van der Waals surface area contributed by atoms with Gasteiger partial charge in [-0.05, 0) is 23.8 Å². The summed E-state index contributed by atoms with van der Waals surface area (Å²) >= 11 is 0. The molecule has 0 aliphatic carbocycles. The number of aliphatic hydroxyl groups is 1. The van der Waals surface area contributed by atoms with Crippen LogP contribution in [0.5, 0.6) is 0 Å². The van der Waals surface area contributed by atoms with Crippen LogP contribution in [0.1, 0.15) is 5.56 Å². The van der Waals surface area contributed by atoms with Crippen LogP contribution < -0.4 is 5.32 Å². The predicted molar refractivity (Wildman–Crippen MR) is 72.3 cm³/mol. The second kappa shape index (κ2) is 5.87. The fourth-order valence-corrected chi connectivity index (χ4v) is 1.61. The van der Waals surface area contributed by atoms with Crippen LogP contribution in [-0.4, -0.2) is 11.7 Å². The molecule has 0 saturated carbocycles. The monoisotopic (exact) mass is 225 g/mol. The lowest BCUT2D eigenvalue weighted by Crippen LogP contribution is -1.92. The Morgan fingerprint density at radius 3 is 2.41 bits per heavy atom. The highest BCUT2D eigenvalue weighted by Crippen LogP contribution is 2.21. The van der Waals surface area contributed by atoms with Crippen molar-refractivity contribution in [2.45, 2.75) is 0 Å². The van der Waals surface area contributed by atoms with Gasteiger partial charge >= 0.3 is 0 Å². The van der Waals surface area contributed by atoms with E-state index in [-0.39, 0.29) is 6.61 Å². The number of rotatable bonds is 4. The molecule has 2 nitrogen and oxygen atoms in total. The van der Waals surface area contributed by atoms with Crippen molar-refractivity contribution in [2.24, 2.45) is 0 Å². The number of nitrogens with one attached hydrogen (secondary N) is 1. The minimum atomic E-state index is 0.0552. The third-order valence-electron chi connectivity index (χ3n) is 2.42. The minimum absolute atomic E-state index is 0.0552. The first-order chi connectivity index (χ1) is 8.40. The minimum Gasteiger partial charge on any atom is -0.392 e. The van der Waals surface area contributed by atoms with Crippen LogP contribution in [0.15, 0.2) is 60.7 Å². The molecule has 0 spiro atoms. The number of anilines is 2. The van der Waals surface area contributed by atoms with Crippen LogP contribution in [-0.2, 0) is 0 Å². The first-order valence-electron chi connectivity index (χ1n) is 5.58. The molecule has 0 aliphatic heterocycles. The summed E-state index contributed by atoms with van der Waals surface area (Å²) in [5.41, 5.74) is 3.14.